The number of nitrogens with one attached hydrogen (secondary N) is 1. The van der Waals surface area contributed by atoms with Gasteiger partial charge in [0.25, 0.3) is 5.56 Å². The summed E-state index contributed by atoms with van der Waals surface area (Å²) < 4.78 is 6.58. The van der Waals surface area contributed by atoms with Crippen LogP contribution in [0.15, 0.2) is 43.6 Å². The second-order valence-corrected chi connectivity index (χ2v) is 8.96. The molecule has 2 aromatic heterocycles. The molecule has 0 fully saturated rings. The number of amides is 1. The summed E-state index contributed by atoms with van der Waals surface area (Å²) >= 11 is 2.79. The number of carbonyl (C=O) groups is 1. The Bertz CT molecular complexity index is 1130. The fourth-order valence-electron chi connectivity index (χ4n) is 3.23. The van der Waals surface area contributed by atoms with E-state index in [4.69, 9.17) is 9.51 Å². The van der Waals surface area contributed by atoms with E-state index in [0.717, 1.165) is 34.7 Å². The van der Waals surface area contributed by atoms with Gasteiger partial charge in [0.05, 0.1) is 22.0 Å². The van der Waals surface area contributed by atoms with Crippen LogP contribution in [0.3, 0.4) is 0 Å². The fourth-order valence-corrected chi connectivity index (χ4v) is 5.08. The van der Waals surface area contributed by atoms with Gasteiger partial charge in [-0.15, -0.1) is 11.8 Å². The summed E-state index contributed by atoms with van der Waals surface area (Å²) in [6.07, 6.45) is 0.765. The van der Waals surface area contributed by atoms with Crippen LogP contribution in [0.1, 0.15) is 22.6 Å². The Labute approximate surface area is 176 Å². The van der Waals surface area contributed by atoms with Crippen molar-refractivity contribution < 1.29 is 9.32 Å². The molecule has 1 aliphatic heterocycles. The molecule has 0 unspecified atom stereocenters. The molecule has 3 heterocycles. The van der Waals surface area contributed by atoms with E-state index in [1.165, 1.54) is 11.8 Å². The first-order valence-electron chi connectivity index (χ1n) is 9.14. The molecule has 1 N–H and O–H groups in total. The first-order valence-corrected chi connectivity index (χ1v) is 11.1. The van der Waals surface area contributed by atoms with Crippen LogP contribution in [0.2, 0.25) is 0 Å². The molecule has 0 spiro atoms. The number of nitrogens with zero attached hydrogens (tertiary/aromatic N) is 3. The Kier molecular flexibility index (Phi) is 5.51. The second kappa shape index (κ2) is 8.08. The van der Waals surface area contributed by atoms with E-state index < -0.39 is 0 Å². The number of fused-ring (bicyclic) bond motifs is 1. The van der Waals surface area contributed by atoms with Gasteiger partial charge in [0.2, 0.25) is 5.91 Å². The lowest BCUT2D eigenvalue weighted by Crippen LogP contribution is -2.25. The average Bonchev–Trinajstić information content (AvgIpc) is 3.28. The molecule has 0 aliphatic carbocycles. The largest absolute Gasteiger partial charge is 0.360 e. The van der Waals surface area contributed by atoms with Crippen LogP contribution in [0.25, 0.3) is 5.69 Å². The molecular formula is C20H20N4O3S2. The monoisotopic (exact) mass is 428 g/mol. The van der Waals surface area contributed by atoms with E-state index in [0.29, 0.717) is 21.6 Å². The Hall–Kier alpha value is -2.52. The van der Waals surface area contributed by atoms with E-state index in [2.05, 4.69) is 16.5 Å². The highest BCUT2D eigenvalue weighted by Gasteiger charge is 2.23. The number of hydrogen-bond donors (Lipinski definition) is 1. The molecule has 1 aliphatic rings. The number of rotatable bonds is 5. The molecule has 9 heteroatoms. The van der Waals surface area contributed by atoms with Crippen molar-refractivity contribution in [2.75, 3.05) is 16.8 Å². The molecule has 29 heavy (non-hydrogen) atoms. The lowest BCUT2D eigenvalue weighted by molar-refractivity contribution is -0.113. The van der Waals surface area contributed by atoms with Crippen LogP contribution in [0.4, 0.5) is 5.82 Å². The predicted molar refractivity (Wildman–Crippen MR) is 114 cm³/mol. The van der Waals surface area contributed by atoms with E-state index in [1.54, 1.807) is 29.3 Å². The highest BCUT2D eigenvalue weighted by atomic mass is 32.2. The summed E-state index contributed by atoms with van der Waals surface area (Å²) in [5.41, 5.74) is 3.64. The standard InChI is InChI=1S/C20H20N4O3S2/c1-11-6-12(2)8-14(7-11)24-19(26)18-15(4-5-28-18)21-20(24)29-10-17(25)22-16-9-13(3)27-23-16/h6-9H,4-5,10H2,1-3H3,(H,22,23,25). The molecular weight excluding hydrogens is 408 g/mol. The van der Waals surface area contributed by atoms with Gasteiger partial charge in [-0.1, -0.05) is 23.0 Å². The number of carbonyl (C=O) groups excluding carboxylic acids is 1. The molecule has 7 nitrogen and oxygen atoms in total. The van der Waals surface area contributed by atoms with Crippen molar-refractivity contribution in [3.05, 3.63) is 57.2 Å². The molecule has 0 radical (unpaired) electrons. The minimum Gasteiger partial charge on any atom is -0.360 e. The Balaban J connectivity index is 1.66. The molecule has 0 saturated heterocycles. The maximum atomic E-state index is 13.2. The summed E-state index contributed by atoms with van der Waals surface area (Å²) in [7, 11) is 0. The zero-order valence-corrected chi connectivity index (χ0v) is 17.9. The minimum absolute atomic E-state index is 0.0717. The van der Waals surface area contributed by atoms with Gasteiger partial charge < -0.3 is 9.84 Å². The molecule has 1 amide bonds. The Morgan fingerprint density at radius 1 is 1.24 bits per heavy atom. The quantitative estimate of drug-likeness (QED) is 0.491. The number of anilines is 1. The summed E-state index contributed by atoms with van der Waals surface area (Å²) in [6, 6.07) is 7.64. The second-order valence-electron chi connectivity index (χ2n) is 6.91. The summed E-state index contributed by atoms with van der Waals surface area (Å²) in [6.45, 7) is 5.75. The van der Waals surface area contributed by atoms with E-state index >= 15 is 0 Å². The topological polar surface area (TPSA) is 90.0 Å². The van der Waals surface area contributed by atoms with E-state index in [9.17, 15) is 9.59 Å². The van der Waals surface area contributed by atoms with Crippen LogP contribution in [-0.2, 0) is 11.2 Å². The van der Waals surface area contributed by atoms with Crippen LogP contribution in [0.5, 0.6) is 0 Å². The Morgan fingerprint density at radius 2 is 2.00 bits per heavy atom. The number of benzene rings is 1. The third-order valence-electron chi connectivity index (χ3n) is 4.36. The predicted octanol–water partition coefficient (Wildman–Crippen LogP) is 3.52. The van der Waals surface area contributed by atoms with Gasteiger partial charge in [-0.05, 0) is 44.0 Å². The van der Waals surface area contributed by atoms with Crippen molar-refractivity contribution in [2.45, 2.75) is 37.2 Å². The lowest BCUT2D eigenvalue weighted by Gasteiger charge is -2.14. The first kappa shape index (κ1) is 19.8. The van der Waals surface area contributed by atoms with Crippen molar-refractivity contribution in [1.29, 1.82) is 0 Å². The SMILES string of the molecule is Cc1cc(C)cc(-n2c(SCC(=O)Nc3cc(C)on3)nc3c(c2=O)SCC3)c1. The van der Waals surface area contributed by atoms with Crippen molar-refractivity contribution in [2.24, 2.45) is 0 Å². The normalized spacial score (nSPS) is 12.8. The molecule has 0 saturated carbocycles. The third kappa shape index (κ3) is 4.25. The molecule has 150 valence electrons. The van der Waals surface area contributed by atoms with Crippen LogP contribution < -0.4 is 10.9 Å². The van der Waals surface area contributed by atoms with Crippen molar-refractivity contribution in [3.63, 3.8) is 0 Å². The number of aryl methyl sites for hydroxylation is 4. The average molecular weight is 429 g/mol. The third-order valence-corrected chi connectivity index (χ3v) is 6.40. The molecule has 0 bridgehead atoms. The van der Waals surface area contributed by atoms with Crippen LogP contribution in [0, 0.1) is 20.8 Å². The highest BCUT2D eigenvalue weighted by Crippen LogP contribution is 2.30. The minimum atomic E-state index is -0.237. The van der Waals surface area contributed by atoms with Gasteiger partial charge in [0.1, 0.15) is 5.76 Å². The summed E-state index contributed by atoms with van der Waals surface area (Å²) in [4.78, 5) is 31.0. The zero-order valence-electron chi connectivity index (χ0n) is 16.3. The lowest BCUT2D eigenvalue weighted by atomic mass is 10.1. The molecule has 0 atom stereocenters. The maximum Gasteiger partial charge on any atom is 0.272 e. The Morgan fingerprint density at radius 3 is 2.69 bits per heavy atom. The van der Waals surface area contributed by atoms with E-state index in [1.807, 2.05) is 26.0 Å². The fraction of sp³-hybridized carbons (Fsp3) is 0.300. The van der Waals surface area contributed by atoms with Crippen LogP contribution >= 0.6 is 23.5 Å². The maximum absolute atomic E-state index is 13.2. The van der Waals surface area contributed by atoms with Crippen molar-refractivity contribution in [1.82, 2.24) is 14.7 Å². The molecule has 3 aromatic rings. The smallest absolute Gasteiger partial charge is 0.272 e. The van der Waals surface area contributed by atoms with Crippen molar-refractivity contribution in [3.8, 4) is 5.69 Å². The van der Waals surface area contributed by atoms with Gasteiger partial charge in [0, 0.05) is 18.2 Å². The highest BCUT2D eigenvalue weighted by molar-refractivity contribution is 8.00. The van der Waals surface area contributed by atoms with Gasteiger partial charge in [-0.25, -0.2) is 4.98 Å². The number of aromatic nitrogens is 3. The zero-order chi connectivity index (χ0) is 20.5. The number of hydrogen-bond acceptors (Lipinski definition) is 7. The van der Waals surface area contributed by atoms with Gasteiger partial charge in [0.15, 0.2) is 11.0 Å². The molecule has 4 rings (SSSR count). The summed E-state index contributed by atoms with van der Waals surface area (Å²) in [5, 5.41) is 6.98. The van der Waals surface area contributed by atoms with Crippen molar-refractivity contribution >= 4 is 35.2 Å². The first-order chi connectivity index (χ1) is 13.9. The number of thioether (sulfide) groups is 2. The van der Waals surface area contributed by atoms with Crippen LogP contribution in [-0.4, -0.2) is 32.1 Å². The molecule has 1 aromatic carbocycles. The van der Waals surface area contributed by atoms with E-state index in [-0.39, 0.29) is 17.2 Å². The summed E-state index contributed by atoms with van der Waals surface area (Å²) in [5.74, 6) is 1.71. The van der Waals surface area contributed by atoms with Gasteiger partial charge in [-0.3, -0.25) is 14.2 Å². The van der Waals surface area contributed by atoms with Gasteiger partial charge in [-0.2, -0.15) is 0 Å². The van der Waals surface area contributed by atoms with Gasteiger partial charge >= 0.3 is 0 Å².